The zero-order chi connectivity index (χ0) is 15.0. The minimum absolute atomic E-state index is 0.0408. The number of nitrogens with one attached hydrogen (secondary N) is 1. The summed E-state index contributed by atoms with van der Waals surface area (Å²) in [6.45, 7) is 2.65. The molecule has 2 heterocycles. The van der Waals surface area contributed by atoms with Crippen molar-refractivity contribution in [3.05, 3.63) is 23.1 Å². The Morgan fingerprint density at radius 1 is 1.52 bits per heavy atom. The van der Waals surface area contributed by atoms with Crippen LogP contribution < -0.4 is 15.8 Å². The van der Waals surface area contributed by atoms with E-state index in [9.17, 15) is 4.79 Å². The molecule has 0 spiro atoms. The first-order chi connectivity index (χ1) is 10.1. The average molecular weight is 306 g/mol. The van der Waals surface area contributed by atoms with Gasteiger partial charge in [0.15, 0.2) is 0 Å². The zero-order valence-electron chi connectivity index (χ0n) is 12.0. The predicted molar refractivity (Wildman–Crippen MR) is 84.1 cm³/mol. The Morgan fingerprint density at radius 3 is 3.00 bits per heavy atom. The lowest BCUT2D eigenvalue weighted by Gasteiger charge is -2.15. The van der Waals surface area contributed by atoms with Crippen LogP contribution in [-0.2, 0) is 4.74 Å². The van der Waals surface area contributed by atoms with Gasteiger partial charge >= 0.3 is 0 Å². The third kappa shape index (κ3) is 2.45. The van der Waals surface area contributed by atoms with Crippen molar-refractivity contribution in [3.63, 3.8) is 0 Å². The maximum absolute atomic E-state index is 12.5. The number of thiophene rings is 1. The van der Waals surface area contributed by atoms with E-state index in [1.807, 2.05) is 25.1 Å². The highest BCUT2D eigenvalue weighted by atomic mass is 32.1. The maximum Gasteiger partial charge on any atom is 0.263 e. The highest BCUT2D eigenvalue weighted by Gasteiger charge is 2.28. The van der Waals surface area contributed by atoms with Crippen LogP contribution >= 0.6 is 11.3 Å². The summed E-state index contributed by atoms with van der Waals surface area (Å²) in [6, 6.07) is 5.73. The number of hydrogen-bond acceptors (Lipinski definition) is 5. The van der Waals surface area contributed by atoms with Crippen LogP contribution in [-0.4, -0.2) is 31.8 Å². The van der Waals surface area contributed by atoms with Crippen LogP contribution in [0.25, 0.3) is 10.1 Å². The van der Waals surface area contributed by atoms with Crippen LogP contribution in [0.5, 0.6) is 5.75 Å². The zero-order valence-corrected chi connectivity index (χ0v) is 12.8. The molecule has 5 nitrogen and oxygen atoms in total. The van der Waals surface area contributed by atoms with Crippen molar-refractivity contribution in [1.29, 1.82) is 0 Å². The van der Waals surface area contributed by atoms with Crippen molar-refractivity contribution >= 4 is 33.0 Å². The van der Waals surface area contributed by atoms with E-state index in [1.54, 1.807) is 7.11 Å². The molecule has 2 atom stereocenters. The SMILES string of the molecule is COc1cccc2sc(C(=O)NC3CCOC3C)c(N)c12. The molecule has 0 bridgehead atoms. The molecule has 3 rings (SSSR count). The van der Waals surface area contributed by atoms with Crippen molar-refractivity contribution in [3.8, 4) is 5.75 Å². The van der Waals surface area contributed by atoms with E-state index < -0.39 is 0 Å². The van der Waals surface area contributed by atoms with Gasteiger partial charge in [-0.3, -0.25) is 4.79 Å². The van der Waals surface area contributed by atoms with Crippen molar-refractivity contribution in [1.82, 2.24) is 5.32 Å². The van der Waals surface area contributed by atoms with E-state index in [1.165, 1.54) is 11.3 Å². The number of hydrogen-bond donors (Lipinski definition) is 2. The molecule has 21 heavy (non-hydrogen) atoms. The fourth-order valence-electron chi connectivity index (χ4n) is 2.63. The number of amides is 1. The Kier molecular flexibility index (Phi) is 3.73. The largest absolute Gasteiger partial charge is 0.496 e. The molecule has 1 aromatic heterocycles. The lowest BCUT2D eigenvalue weighted by molar-refractivity contribution is 0.0870. The maximum atomic E-state index is 12.5. The quantitative estimate of drug-likeness (QED) is 0.913. The highest BCUT2D eigenvalue weighted by Crippen LogP contribution is 2.39. The van der Waals surface area contributed by atoms with E-state index in [2.05, 4.69) is 5.32 Å². The van der Waals surface area contributed by atoms with Crippen molar-refractivity contribution in [2.75, 3.05) is 19.5 Å². The number of carbonyl (C=O) groups excluding carboxylic acids is 1. The van der Waals surface area contributed by atoms with Crippen molar-refractivity contribution in [2.45, 2.75) is 25.5 Å². The molecule has 2 aromatic rings. The fourth-order valence-corrected chi connectivity index (χ4v) is 3.68. The van der Waals surface area contributed by atoms with E-state index in [-0.39, 0.29) is 18.1 Å². The van der Waals surface area contributed by atoms with Gasteiger partial charge < -0.3 is 20.5 Å². The molecule has 0 radical (unpaired) electrons. The number of benzene rings is 1. The Balaban J connectivity index is 1.93. The molecular formula is C15H18N2O3S. The number of nitrogens with two attached hydrogens (primary N) is 1. The van der Waals surface area contributed by atoms with Gasteiger partial charge in [-0.2, -0.15) is 0 Å². The molecule has 0 aliphatic carbocycles. The molecular weight excluding hydrogens is 288 g/mol. The minimum atomic E-state index is -0.141. The molecule has 0 saturated carbocycles. The molecule has 1 saturated heterocycles. The summed E-state index contributed by atoms with van der Waals surface area (Å²) >= 11 is 1.39. The van der Waals surface area contributed by atoms with Gasteiger partial charge in [0.1, 0.15) is 10.6 Å². The predicted octanol–water partition coefficient (Wildman–Crippen LogP) is 2.40. The molecule has 1 aromatic carbocycles. The standard InChI is InChI=1S/C15H18N2O3S/c1-8-9(6-7-20-8)17-15(18)14-13(16)12-10(19-2)4-3-5-11(12)21-14/h3-5,8-9H,6-7,16H2,1-2H3,(H,17,18). The van der Waals surface area contributed by atoms with Gasteiger partial charge in [0.05, 0.1) is 30.3 Å². The van der Waals surface area contributed by atoms with E-state index >= 15 is 0 Å². The number of rotatable bonds is 3. The minimum Gasteiger partial charge on any atom is -0.496 e. The van der Waals surface area contributed by atoms with Gasteiger partial charge in [-0.05, 0) is 25.5 Å². The fraction of sp³-hybridized carbons (Fsp3) is 0.400. The summed E-state index contributed by atoms with van der Waals surface area (Å²) in [5.41, 5.74) is 6.65. The second-order valence-electron chi connectivity index (χ2n) is 5.12. The molecule has 1 aliphatic heterocycles. The Hall–Kier alpha value is -1.79. The van der Waals surface area contributed by atoms with Crippen LogP contribution in [0.4, 0.5) is 5.69 Å². The van der Waals surface area contributed by atoms with Crippen LogP contribution in [0.3, 0.4) is 0 Å². The smallest absolute Gasteiger partial charge is 0.263 e. The normalized spacial score (nSPS) is 21.6. The molecule has 3 N–H and O–H groups in total. The summed E-state index contributed by atoms with van der Waals surface area (Å²) in [7, 11) is 1.60. The number of methoxy groups -OCH3 is 1. The van der Waals surface area contributed by atoms with Crippen LogP contribution in [0.15, 0.2) is 18.2 Å². The van der Waals surface area contributed by atoms with Gasteiger partial charge in [-0.15, -0.1) is 11.3 Å². The topological polar surface area (TPSA) is 73.6 Å². The van der Waals surface area contributed by atoms with Gasteiger partial charge in [-0.25, -0.2) is 0 Å². The second kappa shape index (κ2) is 5.54. The first-order valence-electron chi connectivity index (χ1n) is 6.89. The second-order valence-corrected chi connectivity index (χ2v) is 6.18. The third-order valence-corrected chi connectivity index (χ3v) is 5.00. The number of ether oxygens (including phenoxy) is 2. The Bertz CT molecular complexity index is 683. The Morgan fingerprint density at radius 2 is 2.33 bits per heavy atom. The van der Waals surface area contributed by atoms with E-state index in [4.69, 9.17) is 15.2 Å². The number of nitrogen functional groups attached to an aromatic ring is 1. The molecule has 6 heteroatoms. The summed E-state index contributed by atoms with van der Waals surface area (Å²) in [4.78, 5) is 13.0. The number of anilines is 1. The van der Waals surface area contributed by atoms with Crippen LogP contribution in [0.1, 0.15) is 23.0 Å². The molecule has 2 unspecified atom stereocenters. The Labute approximate surface area is 127 Å². The lowest BCUT2D eigenvalue weighted by Crippen LogP contribution is -2.39. The van der Waals surface area contributed by atoms with Crippen LogP contribution in [0.2, 0.25) is 0 Å². The average Bonchev–Trinajstić information content (AvgIpc) is 3.03. The van der Waals surface area contributed by atoms with Gasteiger partial charge in [0.25, 0.3) is 5.91 Å². The summed E-state index contributed by atoms with van der Waals surface area (Å²) in [6.07, 6.45) is 0.875. The molecule has 112 valence electrons. The van der Waals surface area contributed by atoms with Crippen LogP contribution in [0, 0.1) is 0 Å². The summed E-state index contributed by atoms with van der Waals surface area (Å²) < 4.78 is 11.7. The lowest BCUT2D eigenvalue weighted by atomic mass is 10.1. The van der Waals surface area contributed by atoms with E-state index in [0.29, 0.717) is 22.9 Å². The van der Waals surface area contributed by atoms with Gasteiger partial charge in [-0.1, -0.05) is 6.07 Å². The van der Waals surface area contributed by atoms with E-state index in [0.717, 1.165) is 16.5 Å². The molecule has 1 fully saturated rings. The van der Waals surface area contributed by atoms with Crippen molar-refractivity contribution < 1.29 is 14.3 Å². The molecule has 1 aliphatic rings. The number of fused-ring (bicyclic) bond motifs is 1. The summed E-state index contributed by atoms with van der Waals surface area (Å²) in [5.74, 6) is 0.552. The summed E-state index contributed by atoms with van der Waals surface area (Å²) in [5, 5.41) is 3.82. The first kappa shape index (κ1) is 14.2. The molecule has 1 amide bonds. The first-order valence-corrected chi connectivity index (χ1v) is 7.71. The van der Waals surface area contributed by atoms with Gasteiger partial charge in [0, 0.05) is 11.3 Å². The third-order valence-electron chi connectivity index (χ3n) is 3.83. The van der Waals surface area contributed by atoms with Gasteiger partial charge in [0.2, 0.25) is 0 Å². The highest BCUT2D eigenvalue weighted by molar-refractivity contribution is 7.21. The monoisotopic (exact) mass is 306 g/mol. The number of carbonyl (C=O) groups is 1. The van der Waals surface area contributed by atoms with Crippen molar-refractivity contribution in [2.24, 2.45) is 0 Å².